The predicted octanol–water partition coefficient (Wildman–Crippen LogP) is 3.91. The summed E-state index contributed by atoms with van der Waals surface area (Å²) >= 11 is 0. The number of carboxylic acid groups (broad SMARTS) is 1. The molecule has 0 radical (unpaired) electrons. The zero-order chi connectivity index (χ0) is 21.3. The lowest BCUT2D eigenvalue weighted by Gasteiger charge is -2.20. The van der Waals surface area contributed by atoms with E-state index in [1.54, 1.807) is 36.4 Å². The predicted molar refractivity (Wildman–Crippen MR) is 104 cm³/mol. The molecule has 4 atom stereocenters. The number of aliphatic carboxylic acids is 1. The first-order valence-corrected chi connectivity index (χ1v) is 9.76. The molecule has 1 aromatic carbocycles. The highest BCUT2D eigenvalue weighted by molar-refractivity contribution is 5.66. The van der Waals surface area contributed by atoms with E-state index in [0.29, 0.717) is 30.9 Å². The van der Waals surface area contributed by atoms with E-state index in [2.05, 4.69) is 0 Å². The maximum Gasteiger partial charge on any atom is 0.376 e. The van der Waals surface area contributed by atoms with Gasteiger partial charge in [-0.15, -0.1) is 0 Å². The molecular weight excluding hydrogens is 382 g/mol. The van der Waals surface area contributed by atoms with Crippen molar-refractivity contribution in [1.82, 2.24) is 0 Å². The molecule has 0 aliphatic heterocycles. The number of alkyl halides is 2. The number of ether oxygens (including phenoxy) is 1. The molecule has 0 amide bonds. The number of rotatable bonds is 11. The zero-order valence-corrected chi connectivity index (χ0v) is 16.2. The van der Waals surface area contributed by atoms with Crippen molar-refractivity contribution in [2.45, 2.75) is 57.0 Å². The topological polar surface area (TPSA) is 87.0 Å². The minimum atomic E-state index is -3.49. The largest absolute Gasteiger partial charge is 0.481 e. The zero-order valence-electron chi connectivity index (χ0n) is 16.2. The molecule has 0 heterocycles. The Kier molecular flexibility index (Phi) is 8.95. The summed E-state index contributed by atoms with van der Waals surface area (Å²) in [6.45, 7) is -0.240. The number of aliphatic hydroxyl groups excluding tert-OH is 2. The van der Waals surface area contributed by atoms with Gasteiger partial charge in [-0.3, -0.25) is 4.79 Å². The van der Waals surface area contributed by atoms with Crippen molar-refractivity contribution in [3.05, 3.63) is 60.2 Å². The smallest absolute Gasteiger partial charge is 0.376 e. The Bertz CT molecular complexity index is 690. The van der Waals surface area contributed by atoms with Crippen molar-refractivity contribution in [2.24, 2.45) is 11.8 Å². The van der Waals surface area contributed by atoms with Crippen LogP contribution in [0.4, 0.5) is 8.78 Å². The molecule has 7 heteroatoms. The third-order valence-corrected chi connectivity index (χ3v) is 5.04. The Morgan fingerprint density at radius 1 is 1.17 bits per heavy atom. The third-order valence-electron chi connectivity index (χ3n) is 5.04. The van der Waals surface area contributed by atoms with Crippen LogP contribution < -0.4 is 0 Å². The second kappa shape index (κ2) is 11.2. The number of carbonyl (C=O) groups is 1. The number of hydrogen-bond acceptors (Lipinski definition) is 4. The highest BCUT2D eigenvalue weighted by atomic mass is 19.3. The van der Waals surface area contributed by atoms with E-state index in [0.717, 1.165) is 0 Å². The first kappa shape index (κ1) is 23.2. The molecule has 29 heavy (non-hydrogen) atoms. The highest BCUT2D eigenvalue weighted by Crippen LogP contribution is 2.37. The van der Waals surface area contributed by atoms with Crippen molar-refractivity contribution >= 4 is 5.97 Å². The van der Waals surface area contributed by atoms with Crippen LogP contribution in [0.5, 0.6) is 0 Å². The molecule has 0 aromatic heterocycles. The van der Waals surface area contributed by atoms with Crippen LogP contribution in [0.1, 0.15) is 37.7 Å². The molecule has 1 fully saturated rings. The van der Waals surface area contributed by atoms with E-state index in [1.807, 2.05) is 6.08 Å². The van der Waals surface area contributed by atoms with Gasteiger partial charge in [-0.2, -0.15) is 8.78 Å². The molecule has 1 aliphatic carbocycles. The molecule has 3 N–H and O–H groups in total. The summed E-state index contributed by atoms with van der Waals surface area (Å²) in [5.74, 6) is -1.85. The second-order valence-electron chi connectivity index (χ2n) is 7.30. The van der Waals surface area contributed by atoms with Crippen molar-refractivity contribution in [2.75, 3.05) is 0 Å². The fraction of sp³-hybridized carbons (Fsp3) is 0.500. The lowest BCUT2D eigenvalue weighted by Crippen LogP contribution is -2.22. The van der Waals surface area contributed by atoms with Gasteiger partial charge in [0.1, 0.15) is 0 Å². The fourth-order valence-electron chi connectivity index (χ4n) is 3.47. The van der Waals surface area contributed by atoms with Crippen LogP contribution in [-0.4, -0.2) is 39.6 Å². The summed E-state index contributed by atoms with van der Waals surface area (Å²) in [6.07, 6.45) is 2.04. The van der Waals surface area contributed by atoms with Gasteiger partial charge in [0.25, 0.3) is 0 Å². The summed E-state index contributed by atoms with van der Waals surface area (Å²) in [7, 11) is 0. The monoisotopic (exact) mass is 410 g/mol. The average molecular weight is 410 g/mol. The van der Waals surface area contributed by atoms with E-state index in [9.17, 15) is 23.8 Å². The summed E-state index contributed by atoms with van der Waals surface area (Å²) in [5.41, 5.74) is 0.628. The number of aliphatic hydroxyl groups is 2. The fourth-order valence-corrected chi connectivity index (χ4v) is 3.47. The van der Waals surface area contributed by atoms with Gasteiger partial charge < -0.3 is 20.1 Å². The molecule has 2 rings (SSSR count). The molecule has 160 valence electrons. The number of halogens is 2. The van der Waals surface area contributed by atoms with E-state index in [-0.39, 0.29) is 25.4 Å². The first-order valence-electron chi connectivity index (χ1n) is 9.76. The van der Waals surface area contributed by atoms with Crippen LogP contribution in [0.2, 0.25) is 0 Å². The van der Waals surface area contributed by atoms with Crippen LogP contribution in [0.3, 0.4) is 0 Å². The molecule has 0 spiro atoms. The molecule has 1 saturated carbocycles. The Hall–Kier alpha value is -2.09. The molecule has 5 nitrogen and oxygen atoms in total. The van der Waals surface area contributed by atoms with Gasteiger partial charge in [0.2, 0.25) is 0 Å². The van der Waals surface area contributed by atoms with Gasteiger partial charge >= 0.3 is 12.1 Å². The van der Waals surface area contributed by atoms with Gasteiger partial charge in [-0.1, -0.05) is 48.6 Å². The van der Waals surface area contributed by atoms with Crippen LogP contribution in [0.15, 0.2) is 54.6 Å². The highest BCUT2D eigenvalue weighted by Gasteiger charge is 2.40. The van der Waals surface area contributed by atoms with Gasteiger partial charge in [-0.05, 0) is 30.7 Å². The van der Waals surface area contributed by atoms with E-state index in [4.69, 9.17) is 9.84 Å². The number of carboxylic acids is 1. The number of unbranched alkanes of at least 4 members (excludes halogenated alkanes) is 1. The van der Waals surface area contributed by atoms with Crippen LogP contribution >= 0.6 is 0 Å². The normalized spacial score (nSPS) is 25.2. The van der Waals surface area contributed by atoms with Gasteiger partial charge in [0, 0.05) is 24.8 Å². The molecule has 0 bridgehead atoms. The van der Waals surface area contributed by atoms with Crippen molar-refractivity contribution in [1.29, 1.82) is 0 Å². The SMILES string of the molecule is O=C(O)CCC/C=C\C[C@@H]1[C@@H](/C=C/C(F)(F)OCc2ccccc2)[C@H](O)C[C@@H]1O. The van der Waals surface area contributed by atoms with E-state index < -0.39 is 30.2 Å². The number of allylic oxidation sites excluding steroid dienone is 2. The van der Waals surface area contributed by atoms with Gasteiger partial charge in [-0.25, -0.2) is 0 Å². The number of benzene rings is 1. The van der Waals surface area contributed by atoms with Gasteiger partial charge in [0.15, 0.2) is 0 Å². The lowest BCUT2D eigenvalue weighted by atomic mass is 9.90. The minimum absolute atomic E-state index is 0.0819. The standard InChI is InChI=1S/C22H28F2O5/c23-22(24,29-15-16-8-4-3-5-9-16)13-12-18-17(19(25)14-20(18)26)10-6-1-2-7-11-21(27)28/h1,3-6,8-9,12-13,17-20,25-26H,2,7,10-11,14-15H2,(H,27,28)/b6-1-,13-12+/t17-,18-,19+,20-/m1/s1. The maximum atomic E-state index is 14.1. The molecule has 0 unspecified atom stereocenters. The van der Waals surface area contributed by atoms with Crippen LogP contribution in [0.25, 0.3) is 0 Å². The Morgan fingerprint density at radius 2 is 1.90 bits per heavy atom. The van der Waals surface area contributed by atoms with Crippen molar-refractivity contribution in [3.63, 3.8) is 0 Å². The number of hydrogen-bond donors (Lipinski definition) is 3. The summed E-state index contributed by atoms with van der Waals surface area (Å²) < 4.78 is 32.8. The quantitative estimate of drug-likeness (QED) is 0.380. The third kappa shape index (κ3) is 8.04. The maximum absolute atomic E-state index is 14.1. The van der Waals surface area contributed by atoms with E-state index in [1.165, 1.54) is 6.08 Å². The summed E-state index contributed by atoms with van der Waals surface area (Å²) in [6, 6.07) is 8.64. The molecule has 1 aliphatic rings. The van der Waals surface area contributed by atoms with Crippen molar-refractivity contribution in [3.8, 4) is 0 Å². The second-order valence-corrected chi connectivity index (χ2v) is 7.30. The minimum Gasteiger partial charge on any atom is -0.481 e. The summed E-state index contributed by atoms with van der Waals surface area (Å²) in [4.78, 5) is 10.5. The van der Waals surface area contributed by atoms with Crippen molar-refractivity contribution < 1.29 is 33.6 Å². The average Bonchev–Trinajstić information content (AvgIpc) is 2.94. The Balaban J connectivity index is 1.89. The lowest BCUT2D eigenvalue weighted by molar-refractivity contribution is -0.208. The summed E-state index contributed by atoms with van der Waals surface area (Å²) in [5, 5.41) is 28.9. The molecule has 0 saturated heterocycles. The molecular formula is C22H28F2O5. The first-order chi connectivity index (χ1) is 13.8. The Labute approximate surface area is 169 Å². The Morgan fingerprint density at radius 3 is 2.59 bits per heavy atom. The van der Waals surface area contributed by atoms with Crippen LogP contribution in [-0.2, 0) is 16.1 Å². The van der Waals surface area contributed by atoms with Crippen LogP contribution in [0, 0.1) is 11.8 Å². The molecule has 1 aromatic rings. The van der Waals surface area contributed by atoms with E-state index >= 15 is 0 Å². The van der Waals surface area contributed by atoms with Gasteiger partial charge in [0.05, 0.1) is 18.8 Å².